The monoisotopic (exact) mass is 250 g/mol. The van der Waals surface area contributed by atoms with Gasteiger partial charge in [0.05, 0.1) is 0 Å². The van der Waals surface area contributed by atoms with Crippen molar-refractivity contribution < 1.29 is 0 Å². The average Bonchev–Trinajstić information content (AvgIpc) is 2.96. The van der Waals surface area contributed by atoms with Gasteiger partial charge >= 0.3 is 0 Å². The van der Waals surface area contributed by atoms with E-state index in [1.807, 2.05) is 0 Å². The Kier molecular flexibility index (Phi) is 4.38. The summed E-state index contributed by atoms with van der Waals surface area (Å²) in [6, 6.07) is 0.553. The Hall–Kier alpha value is -0.900. The van der Waals surface area contributed by atoms with E-state index in [1.165, 1.54) is 19.3 Å². The molecule has 0 amide bonds. The fourth-order valence-electron chi connectivity index (χ4n) is 2.46. The van der Waals surface area contributed by atoms with Crippen molar-refractivity contribution in [3.63, 3.8) is 0 Å². The molecule has 1 aromatic rings. The Morgan fingerprint density at radius 1 is 1.39 bits per heavy atom. The summed E-state index contributed by atoms with van der Waals surface area (Å²) in [6.07, 6.45) is 7.69. The van der Waals surface area contributed by atoms with Gasteiger partial charge in [0, 0.05) is 19.0 Å². The van der Waals surface area contributed by atoms with Crippen LogP contribution in [0.1, 0.15) is 52.3 Å². The van der Waals surface area contributed by atoms with Crippen LogP contribution in [-0.4, -0.2) is 27.4 Å². The highest BCUT2D eigenvalue weighted by Crippen LogP contribution is 2.48. The van der Waals surface area contributed by atoms with E-state index in [-0.39, 0.29) is 0 Å². The summed E-state index contributed by atoms with van der Waals surface area (Å²) in [6.45, 7) is 8.87. The molecular weight excluding hydrogens is 224 g/mol. The van der Waals surface area contributed by atoms with Gasteiger partial charge in [-0.3, -0.25) is 4.68 Å². The molecule has 2 rings (SSSR count). The number of hydrogen-bond donors (Lipinski definition) is 1. The van der Waals surface area contributed by atoms with Gasteiger partial charge in [0.25, 0.3) is 0 Å². The molecule has 1 N–H and O–H groups in total. The molecule has 18 heavy (non-hydrogen) atoms. The topological polar surface area (TPSA) is 42.7 Å². The van der Waals surface area contributed by atoms with Crippen LogP contribution in [0.25, 0.3) is 0 Å². The summed E-state index contributed by atoms with van der Waals surface area (Å²) in [7, 11) is 0. The predicted molar refractivity (Wildman–Crippen MR) is 73.4 cm³/mol. The zero-order chi connectivity index (χ0) is 13.0. The van der Waals surface area contributed by atoms with Gasteiger partial charge in [-0.25, -0.2) is 4.98 Å². The summed E-state index contributed by atoms with van der Waals surface area (Å²) < 4.78 is 2.06. The van der Waals surface area contributed by atoms with E-state index < -0.39 is 0 Å². The van der Waals surface area contributed by atoms with Gasteiger partial charge in [0.2, 0.25) is 0 Å². The molecule has 0 aromatic carbocycles. The maximum atomic E-state index is 4.44. The van der Waals surface area contributed by atoms with E-state index in [9.17, 15) is 0 Å². The van der Waals surface area contributed by atoms with Crippen LogP contribution in [0.3, 0.4) is 0 Å². The smallest absolute Gasteiger partial charge is 0.138 e. The van der Waals surface area contributed by atoms with Gasteiger partial charge in [0.1, 0.15) is 12.2 Å². The van der Waals surface area contributed by atoms with Crippen LogP contribution >= 0.6 is 0 Å². The van der Waals surface area contributed by atoms with Crippen LogP contribution in [0.5, 0.6) is 0 Å². The van der Waals surface area contributed by atoms with E-state index in [0.717, 1.165) is 31.8 Å². The summed E-state index contributed by atoms with van der Waals surface area (Å²) >= 11 is 0. The van der Waals surface area contributed by atoms with Crippen LogP contribution in [0.15, 0.2) is 6.33 Å². The molecule has 0 spiro atoms. The third-order valence-electron chi connectivity index (χ3n) is 4.04. The molecule has 1 aromatic heterocycles. The lowest BCUT2D eigenvalue weighted by Gasteiger charge is -2.24. The minimum Gasteiger partial charge on any atom is -0.313 e. The van der Waals surface area contributed by atoms with Crippen molar-refractivity contribution in [2.75, 3.05) is 6.54 Å². The SMILES string of the molecule is CCCNC(Cc1ncnn1CCC)C1(C)CC1. The van der Waals surface area contributed by atoms with Crippen molar-refractivity contribution in [2.45, 2.75) is 65.5 Å². The lowest BCUT2D eigenvalue weighted by molar-refractivity contribution is 0.343. The van der Waals surface area contributed by atoms with Crippen molar-refractivity contribution in [3.05, 3.63) is 12.2 Å². The van der Waals surface area contributed by atoms with Crippen LogP contribution in [0.2, 0.25) is 0 Å². The van der Waals surface area contributed by atoms with E-state index in [0.29, 0.717) is 11.5 Å². The van der Waals surface area contributed by atoms with Crippen molar-refractivity contribution in [1.29, 1.82) is 0 Å². The van der Waals surface area contributed by atoms with Gasteiger partial charge in [-0.2, -0.15) is 5.10 Å². The molecule has 4 heteroatoms. The molecule has 1 unspecified atom stereocenters. The number of rotatable bonds is 8. The molecule has 1 atom stereocenters. The highest BCUT2D eigenvalue weighted by Gasteiger charge is 2.44. The largest absolute Gasteiger partial charge is 0.313 e. The molecule has 1 saturated carbocycles. The average molecular weight is 250 g/mol. The second kappa shape index (κ2) is 5.83. The zero-order valence-corrected chi connectivity index (χ0v) is 11.9. The molecule has 4 nitrogen and oxygen atoms in total. The third kappa shape index (κ3) is 3.10. The first-order chi connectivity index (χ1) is 8.69. The maximum absolute atomic E-state index is 4.44. The lowest BCUT2D eigenvalue weighted by atomic mass is 9.95. The van der Waals surface area contributed by atoms with Crippen molar-refractivity contribution in [3.8, 4) is 0 Å². The number of nitrogens with zero attached hydrogens (tertiary/aromatic N) is 3. The highest BCUT2D eigenvalue weighted by molar-refractivity contribution is 5.03. The summed E-state index contributed by atoms with van der Waals surface area (Å²) in [5, 5.41) is 8.02. The molecule has 1 aliphatic carbocycles. The molecule has 0 saturated heterocycles. The first kappa shape index (κ1) is 13.5. The molecule has 102 valence electrons. The molecule has 0 radical (unpaired) electrons. The number of hydrogen-bond acceptors (Lipinski definition) is 3. The summed E-state index contributed by atoms with van der Waals surface area (Å²) in [5.41, 5.74) is 0.484. The minimum absolute atomic E-state index is 0.484. The Bertz CT molecular complexity index is 368. The lowest BCUT2D eigenvalue weighted by Crippen LogP contribution is -2.39. The van der Waals surface area contributed by atoms with Crippen LogP contribution in [0.4, 0.5) is 0 Å². The van der Waals surface area contributed by atoms with E-state index >= 15 is 0 Å². The third-order valence-corrected chi connectivity index (χ3v) is 4.04. The van der Waals surface area contributed by atoms with Gasteiger partial charge in [-0.1, -0.05) is 20.8 Å². The van der Waals surface area contributed by atoms with Crippen LogP contribution in [0, 0.1) is 5.41 Å². The maximum Gasteiger partial charge on any atom is 0.138 e. The first-order valence-electron chi connectivity index (χ1n) is 7.29. The van der Waals surface area contributed by atoms with Gasteiger partial charge in [-0.15, -0.1) is 0 Å². The minimum atomic E-state index is 0.484. The fraction of sp³-hybridized carbons (Fsp3) is 0.857. The number of aryl methyl sites for hydroxylation is 1. The standard InChI is InChI=1S/C14H26N4/c1-4-8-15-12(14(3)6-7-14)10-13-16-11-17-18(13)9-5-2/h11-12,15H,4-10H2,1-3H3. The fourth-order valence-corrected chi connectivity index (χ4v) is 2.46. The summed E-state index contributed by atoms with van der Waals surface area (Å²) in [4.78, 5) is 4.44. The molecule has 1 heterocycles. The Labute approximate surface area is 110 Å². The highest BCUT2D eigenvalue weighted by atomic mass is 15.3. The number of aromatic nitrogens is 3. The van der Waals surface area contributed by atoms with Crippen LogP contribution in [-0.2, 0) is 13.0 Å². The van der Waals surface area contributed by atoms with Gasteiger partial charge in [0.15, 0.2) is 0 Å². The second-order valence-corrected chi connectivity index (χ2v) is 5.76. The zero-order valence-electron chi connectivity index (χ0n) is 11.9. The molecule has 1 fully saturated rings. The normalized spacial score (nSPS) is 18.8. The van der Waals surface area contributed by atoms with Crippen molar-refractivity contribution in [2.24, 2.45) is 5.41 Å². The van der Waals surface area contributed by atoms with E-state index in [4.69, 9.17) is 0 Å². The second-order valence-electron chi connectivity index (χ2n) is 5.76. The van der Waals surface area contributed by atoms with Gasteiger partial charge in [-0.05, 0) is 37.6 Å². The quantitative estimate of drug-likeness (QED) is 0.770. The predicted octanol–water partition coefficient (Wildman–Crippen LogP) is 2.40. The Balaban J connectivity index is 2.01. The molecule has 1 aliphatic rings. The molecular formula is C14H26N4. The Morgan fingerprint density at radius 3 is 2.78 bits per heavy atom. The number of nitrogens with one attached hydrogen (secondary N) is 1. The van der Waals surface area contributed by atoms with Crippen molar-refractivity contribution in [1.82, 2.24) is 20.1 Å². The van der Waals surface area contributed by atoms with Crippen LogP contribution < -0.4 is 5.32 Å². The van der Waals surface area contributed by atoms with Gasteiger partial charge < -0.3 is 5.32 Å². The van der Waals surface area contributed by atoms with E-state index in [1.54, 1.807) is 6.33 Å². The molecule has 0 aliphatic heterocycles. The van der Waals surface area contributed by atoms with Crippen molar-refractivity contribution >= 4 is 0 Å². The first-order valence-corrected chi connectivity index (χ1v) is 7.29. The molecule has 0 bridgehead atoms. The summed E-state index contributed by atoms with van der Waals surface area (Å²) in [5.74, 6) is 1.14. The Morgan fingerprint density at radius 2 is 2.17 bits per heavy atom. The van der Waals surface area contributed by atoms with E-state index in [2.05, 4.69) is 40.9 Å².